The average molecular weight is 362 g/mol. The fraction of sp³-hybridized carbons (Fsp3) is 0.529. The lowest BCUT2D eigenvalue weighted by Crippen LogP contribution is -2.44. The molecule has 0 saturated carbocycles. The highest BCUT2D eigenvalue weighted by molar-refractivity contribution is 7.20. The highest BCUT2D eigenvalue weighted by Crippen LogP contribution is 2.28. The summed E-state index contributed by atoms with van der Waals surface area (Å²) in [6.07, 6.45) is 2.55. The van der Waals surface area contributed by atoms with Crippen molar-refractivity contribution >= 4 is 33.4 Å². The van der Waals surface area contributed by atoms with Crippen molar-refractivity contribution in [2.24, 2.45) is 0 Å². The zero-order chi connectivity index (χ0) is 18.1. The zero-order valence-electron chi connectivity index (χ0n) is 14.6. The zero-order valence-corrected chi connectivity index (χ0v) is 15.5. The molecule has 0 fully saturated rings. The predicted octanol–water partition coefficient (Wildman–Crippen LogP) is 1.36. The van der Waals surface area contributed by atoms with Crippen LogP contribution in [0.3, 0.4) is 0 Å². The first-order valence-corrected chi connectivity index (χ1v) is 9.37. The molecule has 2 aromatic heterocycles. The highest BCUT2D eigenvalue weighted by atomic mass is 32.1. The molecule has 1 aliphatic rings. The molecule has 8 heteroatoms. The Kier molecular flexibility index (Phi) is 4.89. The lowest BCUT2D eigenvalue weighted by molar-refractivity contribution is -0.122. The van der Waals surface area contributed by atoms with Gasteiger partial charge in [-0.2, -0.15) is 0 Å². The number of hydrogen-bond donors (Lipinski definition) is 2. The molecule has 25 heavy (non-hydrogen) atoms. The van der Waals surface area contributed by atoms with Crippen LogP contribution < -0.4 is 16.2 Å². The Labute approximate surface area is 149 Å². The second-order valence-corrected chi connectivity index (χ2v) is 7.31. The van der Waals surface area contributed by atoms with E-state index in [1.807, 2.05) is 6.92 Å². The highest BCUT2D eigenvalue weighted by Gasteiger charge is 2.24. The van der Waals surface area contributed by atoms with Crippen LogP contribution in [0, 0.1) is 6.92 Å². The maximum absolute atomic E-state index is 12.7. The molecule has 0 bridgehead atoms. The molecular formula is C17H22N4O3S. The van der Waals surface area contributed by atoms with Gasteiger partial charge in [-0.1, -0.05) is 6.92 Å². The number of aryl methyl sites for hydroxylation is 2. The van der Waals surface area contributed by atoms with Gasteiger partial charge >= 0.3 is 0 Å². The quantitative estimate of drug-likeness (QED) is 0.840. The van der Waals surface area contributed by atoms with Crippen LogP contribution in [0.2, 0.25) is 0 Å². The summed E-state index contributed by atoms with van der Waals surface area (Å²) >= 11 is 1.22. The molecule has 134 valence electrons. The summed E-state index contributed by atoms with van der Waals surface area (Å²) in [5, 5.41) is 5.98. The van der Waals surface area contributed by atoms with E-state index < -0.39 is 6.04 Å². The Bertz CT molecular complexity index is 899. The molecule has 7 nitrogen and oxygen atoms in total. The lowest BCUT2D eigenvalue weighted by Gasteiger charge is -2.13. The number of amides is 2. The summed E-state index contributed by atoms with van der Waals surface area (Å²) in [4.78, 5) is 42.8. The Morgan fingerprint density at radius 1 is 1.40 bits per heavy atom. The fourth-order valence-electron chi connectivity index (χ4n) is 3.02. The van der Waals surface area contributed by atoms with Gasteiger partial charge in [-0.25, -0.2) is 4.98 Å². The van der Waals surface area contributed by atoms with Crippen molar-refractivity contribution in [3.05, 3.63) is 26.6 Å². The number of thiophene rings is 1. The minimum Gasteiger partial charge on any atom is -0.354 e. The molecule has 3 rings (SSSR count). The molecule has 1 aliphatic heterocycles. The first-order valence-electron chi connectivity index (χ1n) is 8.55. The molecule has 0 aromatic carbocycles. The molecule has 2 aromatic rings. The van der Waals surface area contributed by atoms with Gasteiger partial charge in [0.15, 0.2) is 0 Å². The molecule has 3 heterocycles. The van der Waals surface area contributed by atoms with E-state index in [9.17, 15) is 14.4 Å². The Morgan fingerprint density at radius 3 is 2.88 bits per heavy atom. The molecule has 1 unspecified atom stereocenters. The summed E-state index contributed by atoms with van der Waals surface area (Å²) in [6, 6.07) is -0.636. The fourth-order valence-corrected chi connectivity index (χ4v) is 4.11. The molecule has 2 N–H and O–H groups in total. The SMILES string of the molecule is CCCNC(=O)C(C)NC(=O)c1sc2nc3n(c(=O)c2c1C)CCC3. The van der Waals surface area contributed by atoms with Gasteiger partial charge in [0.2, 0.25) is 5.91 Å². The molecule has 2 amide bonds. The maximum atomic E-state index is 12.7. The van der Waals surface area contributed by atoms with E-state index in [0.29, 0.717) is 33.7 Å². The van der Waals surface area contributed by atoms with E-state index in [2.05, 4.69) is 15.6 Å². The number of hydrogen-bond acceptors (Lipinski definition) is 5. The first-order chi connectivity index (χ1) is 11.9. The van der Waals surface area contributed by atoms with E-state index in [0.717, 1.165) is 25.1 Å². The standard InChI is InChI=1S/C17H22N4O3S/c1-4-7-18-14(22)10(3)19-15(23)13-9(2)12-16(25-13)20-11-6-5-8-21(11)17(12)24/h10H,4-8H2,1-3H3,(H,18,22)(H,19,23). The van der Waals surface area contributed by atoms with Gasteiger partial charge in [0, 0.05) is 19.5 Å². The van der Waals surface area contributed by atoms with Gasteiger partial charge in [-0.3, -0.25) is 19.0 Å². The molecule has 0 spiro atoms. The Hall–Kier alpha value is -2.22. The van der Waals surface area contributed by atoms with Crippen molar-refractivity contribution in [2.75, 3.05) is 6.54 Å². The summed E-state index contributed by atoms with van der Waals surface area (Å²) in [6.45, 7) is 6.64. The number of nitrogens with one attached hydrogen (secondary N) is 2. The lowest BCUT2D eigenvalue weighted by atomic mass is 10.2. The largest absolute Gasteiger partial charge is 0.354 e. The Balaban J connectivity index is 1.88. The summed E-state index contributed by atoms with van der Waals surface area (Å²) in [5.74, 6) is 0.230. The van der Waals surface area contributed by atoms with Gasteiger partial charge in [0.1, 0.15) is 16.7 Å². The van der Waals surface area contributed by atoms with E-state index in [4.69, 9.17) is 0 Å². The number of rotatable bonds is 5. The van der Waals surface area contributed by atoms with Crippen molar-refractivity contribution in [1.29, 1.82) is 0 Å². The average Bonchev–Trinajstić information content (AvgIpc) is 3.17. The van der Waals surface area contributed by atoms with Crippen LogP contribution in [0.4, 0.5) is 0 Å². The second kappa shape index (κ2) is 6.95. The van der Waals surface area contributed by atoms with Crippen molar-refractivity contribution in [1.82, 2.24) is 20.2 Å². The monoisotopic (exact) mass is 362 g/mol. The van der Waals surface area contributed by atoms with Crippen LogP contribution in [0.1, 0.15) is 47.7 Å². The number of carbonyl (C=O) groups excluding carboxylic acids is 2. The Morgan fingerprint density at radius 2 is 2.16 bits per heavy atom. The predicted molar refractivity (Wildman–Crippen MR) is 97.2 cm³/mol. The number of aromatic nitrogens is 2. The topological polar surface area (TPSA) is 93.1 Å². The third-order valence-electron chi connectivity index (χ3n) is 4.41. The third-order valence-corrected chi connectivity index (χ3v) is 5.59. The van der Waals surface area contributed by atoms with E-state index in [-0.39, 0.29) is 17.4 Å². The molecule has 1 atom stereocenters. The van der Waals surface area contributed by atoms with Gasteiger partial charge in [0.05, 0.1) is 10.3 Å². The van der Waals surface area contributed by atoms with Crippen LogP contribution >= 0.6 is 11.3 Å². The van der Waals surface area contributed by atoms with Gasteiger partial charge in [0.25, 0.3) is 11.5 Å². The van der Waals surface area contributed by atoms with Crippen molar-refractivity contribution in [3.8, 4) is 0 Å². The van der Waals surface area contributed by atoms with E-state index in [1.165, 1.54) is 11.3 Å². The summed E-state index contributed by atoms with van der Waals surface area (Å²) < 4.78 is 1.70. The second-order valence-electron chi connectivity index (χ2n) is 6.31. The minimum absolute atomic E-state index is 0.0703. The molecule has 0 saturated heterocycles. The maximum Gasteiger partial charge on any atom is 0.262 e. The minimum atomic E-state index is -0.636. The first kappa shape index (κ1) is 17.6. The van der Waals surface area contributed by atoms with Crippen molar-refractivity contribution < 1.29 is 9.59 Å². The summed E-state index contributed by atoms with van der Waals surface area (Å²) in [5.41, 5.74) is 0.567. The smallest absolute Gasteiger partial charge is 0.262 e. The van der Waals surface area contributed by atoms with Crippen molar-refractivity contribution in [3.63, 3.8) is 0 Å². The summed E-state index contributed by atoms with van der Waals surface area (Å²) in [7, 11) is 0. The van der Waals surface area contributed by atoms with Crippen LogP contribution in [0.25, 0.3) is 10.2 Å². The van der Waals surface area contributed by atoms with E-state index in [1.54, 1.807) is 18.4 Å². The van der Waals surface area contributed by atoms with Gasteiger partial charge < -0.3 is 10.6 Å². The van der Waals surface area contributed by atoms with Crippen LogP contribution in [-0.4, -0.2) is 34.0 Å². The number of carbonyl (C=O) groups is 2. The van der Waals surface area contributed by atoms with Gasteiger partial charge in [-0.05, 0) is 32.3 Å². The number of nitrogens with zero attached hydrogens (tertiary/aromatic N) is 2. The third kappa shape index (κ3) is 3.18. The molecule has 0 aliphatic carbocycles. The normalized spacial score (nSPS) is 14.4. The van der Waals surface area contributed by atoms with Crippen LogP contribution in [0.5, 0.6) is 0 Å². The van der Waals surface area contributed by atoms with Crippen LogP contribution in [0.15, 0.2) is 4.79 Å². The number of fused-ring (bicyclic) bond motifs is 2. The molecule has 0 radical (unpaired) electrons. The van der Waals surface area contributed by atoms with Crippen molar-refractivity contribution in [2.45, 2.75) is 52.6 Å². The molecular weight excluding hydrogens is 340 g/mol. The van der Waals surface area contributed by atoms with Gasteiger partial charge in [-0.15, -0.1) is 11.3 Å². The van der Waals surface area contributed by atoms with E-state index >= 15 is 0 Å². The van der Waals surface area contributed by atoms with Crippen LogP contribution in [-0.2, 0) is 17.8 Å².